The maximum Gasteiger partial charge on any atom is 0.261 e. The minimum absolute atomic E-state index is 0.150. The summed E-state index contributed by atoms with van der Waals surface area (Å²) in [6.07, 6.45) is 1.61. The zero-order valence-electron chi connectivity index (χ0n) is 15.5. The van der Waals surface area contributed by atoms with Gasteiger partial charge in [0, 0.05) is 29.2 Å². The van der Waals surface area contributed by atoms with Crippen LogP contribution >= 0.6 is 11.6 Å². The van der Waals surface area contributed by atoms with Crippen LogP contribution in [0.4, 0.5) is 5.69 Å². The van der Waals surface area contributed by atoms with Crippen LogP contribution in [0, 0.1) is 0 Å². The number of aryl methyl sites for hydroxylation is 1. The Morgan fingerprint density at radius 1 is 1.00 bits per heavy atom. The lowest BCUT2D eigenvalue weighted by Crippen LogP contribution is -2.23. The van der Waals surface area contributed by atoms with Crippen molar-refractivity contribution in [3.8, 4) is 11.1 Å². The van der Waals surface area contributed by atoms with Crippen LogP contribution in [0.15, 0.2) is 83.9 Å². The first-order valence-corrected chi connectivity index (χ1v) is 9.58. The number of benzene rings is 3. The fourth-order valence-electron chi connectivity index (χ4n) is 3.19. The predicted octanol–water partition coefficient (Wildman–Crippen LogP) is 4.75. The third kappa shape index (κ3) is 4.20. The van der Waals surface area contributed by atoms with Crippen LogP contribution in [0.5, 0.6) is 0 Å². The van der Waals surface area contributed by atoms with Crippen molar-refractivity contribution in [3.63, 3.8) is 0 Å². The average Bonchev–Trinajstić information content (AvgIpc) is 2.75. The fraction of sp³-hybridized carbons (Fsp3) is 0.0870. The highest BCUT2D eigenvalue weighted by atomic mass is 35.5. The van der Waals surface area contributed by atoms with Gasteiger partial charge in [-0.15, -0.1) is 0 Å². The van der Waals surface area contributed by atoms with E-state index in [4.69, 9.17) is 11.6 Å². The summed E-state index contributed by atoms with van der Waals surface area (Å²) in [5.74, 6) is -0.175. The molecule has 5 nitrogen and oxygen atoms in total. The Kier molecular flexibility index (Phi) is 5.40. The molecule has 1 N–H and O–H groups in total. The molecule has 0 aliphatic rings. The van der Waals surface area contributed by atoms with E-state index >= 15 is 0 Å². The monoisotopic (exact) mass is 403 g/mol. The third-order valence-corrected chi connectivity index (χ3v) is 4.89. The van der Waals surface area contributed by atoms with Crippen molar-refractivity contribution in [1.82, 2.24) is 9.55 Å². The van der Waals surface area contributed by atoms with E-state index in [-0.39, 0.29) is 24.4 Å². The SMILES string of the molecule is O=C(CCn1cnc2ccc(Cl)cc2c1=O)Nc1ccccc1-c1ccccc1. The molecule has 0 saturated heterocycles. The van der Waals surface area contributed by atoms with Gasteiger partial charge in [0.15, 0.2) is 0 Å². The number of amides is 1. The molecule has 29 heavy (non-hydrogen) atoms. The molecule has 0 bridgehead atoms. The van der Waals surface area contributed by atoms with Gasteiger partial charge in [0.05, 0.1) is 17.2 Å². The molecule has 4 rings (SSSR count). The Morgan fingerprint density at radius 3 is 2.59 bits per heavy atom. The van der Waals surface area contributed by atoms with E-state index in [1.807, 2.05) is 54.6 Å². The Bertz CT molecular complexity index is 1240. The maximum absolute atomic E-state index is 12.6. The molecule has 3 aromatic carbocycles. The topological polar surface area (TPSA) is 64.0 Å². The molecule has 0 aliphatic carbocycles. The Balaban J connectivity index is 1.50. The number of carbonyl (C=O) groups excluding carboxylic acids is 1. The summed E-state index contributed by atoms with van der Waals surface area (Å²) in [6, 6.07) is 22.5. The van der Waals surface area contributed by atoms with Gasteiger partial charge in [-0.3, -0.25) is 14.2 Å². The molecule has 0 radical (unpaired) electrons. The molecule has 1 aromatic heterocycles. The van der Waals surface area contributed by atoms with Crippen molar-refractivity contribution in [2.45, 2.75) is 13.0 Å². The molecule has 0 unspecified atom stereocenters. The minimum atomic E-state index is -0.213. The van der Waals surface area contributed by atoms with Crippen molar-refractivity contribution in [2.24, 2.45) is 0 Å². The number of halogens is 1. The molecule has 1 amide bonds. The molecule has 0 spiro atoms. The van der Waals surface area contributed by atoms with E-state index in [1.165, 1.54) is 10.9 Å². The van der Waals surface area contributed by atoms with Crippen LogP contribution in [0.25, 0.3) is 22.0 Å². The van der Waals surface area contributed by atoms with Crippen molar-refractivity contribution in [3.05, 3.63) is 94.5 Å². The lowest BCUT2D eigenvalue weighted by molar-refractivity contribution is -0.116. The lowest BCUT2D eigenvalue weighted by Gasteiger charge is -2.12. The number of aromatic nitrogens is 2. The van der Waals surface area contributed by atoms with Crippen LogP contribution < -0.4 is 10.9 Å². The Morgan fingerprint density at radius 2 is 1.76 bits per heavy atom. The molecular weight excluding hydrogens is 386 g/mol. The molecule has 6 heteroatoms. The van der Waals surface area contributed by atoms with Crippen LogP contribution in [0.1, 0.15) is 6.42 Å². The van der Waals surface area contributed by atoms with E-state index in [0.29, 0.717) is 15.9 Å². The molecule has 4 aromatic rings. The number of carbonyl (C=O) groups is 1. The number of anilines is 1. The van der Waals surface area contributed by atoms with Gasteiger partial charge in [0.25, 0.3) is 5.56 Å². The highest BCUT2D eigenvalue weighted by molar-refractivity contribution is 6.31. The van der Waals surface area contributed by atoms with Gasteiger partial charge in [0.2, 0.25) is 5.91 Å². The van der Waals surface area contributed by atoms with E-state index in [2.05, 4.69) is 10.3 Å². The van der Waals surface area contributed by atoms with Gasteiger partial charge in [-0.1, -0.05) is 60.1 Å². The van der Waals surface area contributed by atoms with Gasteiger partial charge in [-0.05, 0) is 29.8 Å². The van der Waals surface area contributed by atoms with Crippen molar-refractivity contribution in [2.75, 3.05) is 5.32 Å². The summed E-state index contributed by atoms with van der Waals surface area (Å²) >= 11 is 5.99. The highest BCUT2D eigenvalue weighted by Crippen LogP contribution is 2.27. The van der Waals surface area contributed by atoms with E-state index < -0.39 is 0 Å². The first-order chi connectivity index (χ1) is 14.1. The number of hydrogen-bond acceptors (Lipinski definition) is 3. The van der Waals surface area contributed by atoms with E-state index in [9.17, 15) is 9.59 Å². The lowest BCUT2D eigenvalue weighted by atomic mass is 10.0. The van der Waals surface area contributed by atoms with Crippen molar-refractivity contribution >= 4 is 34.1 Å². The van der Waals surface area contributed by atoms with Gasteiger partial charge in [0.1, 0.15) is 0 Å². The standard InChI is InChI=1S/C23H18ClN3O2/c24-17-10-11-20-19(14-17)23(29)27(15-25-20)13-12-22(28)26-21-9-5-4-8-18(21)16-6-2-1-3-7-16/h1-11,14-15H,12-13H2,(H,26,28). The number of fused-ring (bicyclic) bond motifs is 1. The normalized spacial score (nSPS) is 10.8. The number of para-hydroxylation sites is 1. The van der Waals surface area contributed by atoms with Crippen LogP contribution in [-0.2, 0) is 11.3 Å². The summed E-state index contributed by atoms with van der Waals surface area (Å²) in [4.78, 5) is 29.4. The molecule has 0 atom stereocenters. The van der Waals surface area contributed by atoms with Gasteiger partial charge < -0.3 is 5.32 Å². The Hall–Kier alpha value is -3.44. The van der Waals surface area contributed by atoms with Gasteiger partial charge >= 0.3 is 0 Å². The second-order valence-corrected chi connectivity index (χ2v) is 7.05. The number of rotatable bonds is 5. The molecule has 0 aliphatic heterocycles. The second kappa shape index (κ2) is 8.29. The zero-order valence-corrected chi connectivity index (χ0v) is 16.3. The number of hydrogen-bond donors (Lipinski definition) is 1. The minimum Gasteiger partial charge on any atom is -0.325 e. The first-order valence-electron chi connectivity index (χ1n) is 9.21. The van der Waals surface area contributed by atoms with E-state index in [0.717, 1.165) is 16.8 Å². The van der Waals surface area contributed by atoms with E-state index in [1.54, 1.807) is 18.2 Å². The second-order valence-electron chi connectivity index (χ2n) is 6.61. The largest absolute Gasteiger partial charge is 0.325 e. The quantitative estimate of drug-likeness (QED) is 0.523. The zero-order chi connectivity index (χ0) is 20.2. The van der Waals surface area contributed by atoms with Crippen LogP contribution in [-0.4, -0.2) is 15.5 Å². The third-order valence-electron chi connectivity index (χ3n) is 4.65. The highest BCUT2D eigenvalue weighted by Gasteiger charge is 2.10. The van der Waals surface area contributed by atoms with Gasteiger partial charge in [-0.2, -0.15) is 0 Å². The number of nitrogens with one attached hydrogen (secondary N) is 1. The number of nitrogens with zero attached hydrogens (tertiary/aromatic N) is 2. The Labute approximate surface area is 172 Å². The first kappa shape index (κ1) is 18.9. The average molecular weight is 404 g/mol. The van der Waals surface area contributed by atoms with Crippen molar-refractivity contribution in [1.29, 1.82) is 0 Å². The smallest absolute Gasteiger partial charge is 0.261 e. The molecule has 144 valence electrons. The maximum atomic E-state index is 12.6. The summed E-state index contributed by atoms with van der Waals surface area (Å²) < 4.78 is 1.43. The molecular formula is C23H18ClN3O2. The molecule has 0 saturated carbocycles. The fourth-order valence-corrected chi connectivity index (χ4v) is 3.36. The van der Waals surface area contributed by atoms with Crippen LogP contribution in [0.2, 0.25) is 5.02 Å². The summed E-state index contributed by atoms with van der Waals surface area (Å²) in [6.45, 7) is 0.230. The predicted molar refractivity (Wildman–Crippen MR) is 116 cm³/mol. The summed E-state index contributed by atoms with van der Waals surface area (Å²) in [7, 11) is 0. The molecule has 1 heterocycles. The summed E-state index contributed by atoms with van der Waals surface area (Å²) in [5, 5.41) is 3.87. The summed E-state index contributed by atoms with van der Waals surface area (Å²) in [5.41, 5.74) is 3.07. The van der Waals surface area contributed by atoms with Crippen molar-refractivity contribution < 1.29 is 4.79 Å². The van der Waals surface area contributed by atoms with Crippen LogP contribution in [0.3, 0.4) is 0 Å². The molecule has 0 fully saturated rings. The van der Waals surface area contributed by atoms with Gasteiger partial charge in [-0.25, -0.2) is 4.98 Å².